The molecule has 1 atom stereocenters. The Morgan fingerprint density at radius 1 is 1.00 bits per heavy atom. The van der Waals surface area contributed by atoms with Crippen LogP contribution in [0.5, 0.6) is 0 Å². The maximum atomic E-state index is 12.8. The van der Waals surface area contributed by atoms with Crippen LogP contribution in [-0.2, 0) is 16.1 Å². The zero-order valence-electron chi connectivity index (χ0n) is 19.2. The van der Waals surface area contributed by atoms with Crippen LogP contribution in [0.3, 0.4) is 0 Å². The van der Waals surface area contributed by atoms with Gasteiger partial charge in [-0.1, -0.05) is 24.0 Å². The summed E-state index contributed by atoms with van der Waals surface area (Å²) in [5.74, 6) is 9.11. The first-order chi connectivity index (χ1) is 17.4. The molecule has 2 amide bonds. The number of carbonyl (C=O) groups is 2. The lowest BCUT2D eigenvalue weighted by atomic mass is 10.1. The van der Waals surface area contributed by atoms with Crippen LogP contribution in [0, 0.1) is 29.1 Å². The smallest absolute Gasteiger partial charge is 0.278 e. The van der Waals surface area contributed by atoms with Crippen molar-refractivity contribution in [2.75, 3.05) is 26.3 Å². The summed E-state index contributed by atoms with van der Waals surface area (Å²) in [7, 11) is 0. The highest BCUT2D eigenvalue weighted by Gasteiger charge is 2.30. The van der Waals surface area contributed by atoms with Crippen molar-refractivity contribution in [2.45, 2.75) is 19.0 Å². The second kappa shape index (κ2) is 13.1. The number of ether oxygens (including phenoxy) is 1. The molecule has 0 radical (unpaired) electrons. The predicted molar refractivity (Wildman–Crippen MR) is 128 cm³/mol. The Labute approximate surface area is 207 Å². The number of rotatable bonds is 7. The van der Waals surface area contributed by atoms with E-state index in [1.807, 2.05) is 29.6 Å². The first kappa shape index (κ1) is 26.5. The van der Waals surface area contributed by atoms with E-state index < -0.39 is 30.0 Å². The summed E-state index contributed by atoms with van der Waals surface area (Å²) in [5, 5.41) is 17.9. The molecule has 2 aromatic rings. The van der Waals surface area contributed by atoms with Crippen LogP contribution in [-0.4, -0.2) is 66.4 Å². The zero-order chi connectivity index (χ0) is 25.9. The lowest BCUT2D eigenvalue weighted by Gasteiger charge is -2.26. The van der Waals surface area contributed by atoms with E-state index in [9.17, 15) is 18.4 Å². The fraction of sp³-hybridized carbons (Fsp3) is 0.269. The van der Waals surface area contributed by atoms with Crippen molar-refractivity contribution in [3.63, 3.8) is 0 Å². The van der Waals surface area contributed by atoms with Crippen LogP contribution in [0.15, 0.2) is 48.5 Å². The molecule has 8 nitrogen and oxygen atoms in total. The predicted octanol–water partition coefficient (Wildman–Crippen LogP) is 1.81. The summed E-state index contributed by atoms with van der Waals surface area (Å²) in [4.78, 5) is 26.2. The van der Waals surface area contributed by atoms with Crippen molar-refractivity contribution >= 4 is 17.5 Å². The number of amides is 2. The number of benzene rings is 2. The molecule has 0 aromatic heterocycles. The number of nitrogens with zero attached hydrogens (tertiary/aromatic N) is 1. The summed E-state index contributed by atoms with van der Waals surface area (Å²) in [6.45, 7) is 4.24. The van der Waals surface area contributed by atoms with E-state index in [1.165, 1.54) is 29.8 Å². The molecule has 1 aliphatic heterocycles. The van der Waals surface area contributed by atoms with E-state index in [2.05, 4.69) is 28.6 Å². The van der Waals surface area contributed by atoms with Gasteiger partial charge in [-0.25, -0.2) is 14.3 Å². The van der Waals surface area contributed by atoms with E-state index in [1.54, 1.807) is 0 Å². The third-order valence-corrected chi connectivity index (χ3v) is 5.28. The number of hydroxylamine groups is 1. The number of hydrogen-bond acceptors (Lipinski definition) is 6. The van der Waals surface area contributed by atoms with Crippen LogP contribution < -0.4 is 10.8 Å². The first-order valence-electron chi connectivity index (χ1n) is 11.0. The Balaban J connectivity index is 1.57. The SMILES string of the molecule is N=C(C(F)F)[C@H](NC(=O)c1ccc(C#CC#Cc2ccc(CN3CCOCC3)cc2)cc1)C(=O)NO. The Hall–Kier alpha value is -4.09. The number of alkyl halides is 2. The van der Waals surface area contributed by atoms with Crippen molar-refractivity contribution < 1.29 is 28.3 Å². The van der Waals surface area contributed by atoms with Gasteiger partial charge in [-0.05, 0) is 53.8 Å². The number of morpholine rings is 1. The van der Waals surface area contributed by atoms with E-state index in [0.29, 0.717) is 5.56 Å². The van der Waals surface area contributed by atoms with Gasteiger partial charge in [0.05, 0.1) is 13.2 Å². The van der Waals surface area contributed by atoms with Crippen molar-refractivity contribution in [2.24, 2.45) is 0 Å². The fourth-order valence-corrected chi connectivity index (χ4v) is 3.31. The Kier molecular flexibility index (Phi) is 9.66. The molecule has 3 rings (SSSR count). The molecule has 1 heterocycles. The maximum Gasteiger partial charge on any atom is 0.278 e. The number of halogens is 2. The molecule has 1 fully saturated rings. The molecular weight excluding hydrogens is 470 g/mol. The Morgan fingerprint density at radius 2 is 1.56 bits per heavy atom. The standard InChI is InChI=1S/C26H24F2N4O4/c27-24(28)22(29)23(26(34)31-35)30-25(33)21-11-9-19(10-12-21)4-2-1-3-18-5-7-20(8-6-18)17-32-13-15-36-16-14-32/h5-12,23-24,29,35H,13-17H2,(H,30,33)(H,31,34)/t23-/m0/s1. The molecule has 0 saturated carbocycles. The van der Waals surface area contributed by atoms with Gasteiger partial charge in [0.25, 0.3) is 18.2 Å². The monoisotopic (exact) mass is 494 g/mol. The van der Waals surface area contributed by atoms with Crippen molar-refractivity contribution in [1.29, 1.82) is 5.41 Å². The largest absolute Gasteiger partial charge is 0.379 e. The highest BCUT2D eigenvalue weighted by atomic mass is 19.3. The van der Waals surface area contributed by atoms with Gasteiger partial charge >= 0.3 is 0 Å². The summed E-state index contributed by atoms with van der Waals surface area (Å²) in [5.41, 5.74) is 2.47. The lowest BCUT2D eigenvalue weighted by Crippen LogP contribution is -2.52. The van der Waals surface area contributed by atoms with Crippen LogP contribution in [0.2, 0.25) is 0 Å². The summed E-state index contributed by atoms with van der Waals surface area (Å²) in [6.07, 6.45) is -3.28. The quantitative estimate of drug-likeness (QED) is 0.203. The minimum absolute atomic E-state index is 0.0570. The molecule has 1 saturated heterocycles. The van der Waals surface area contributed by atoms with Gasteiger partial charge in [0.2, 0.25) is 0 Å². The molecule has 0 bridgehead atoms. The van der Waals surface area contributed by atoms with Crippen molar-refractivity contribution in [3.8, 4) is 23.7 Å². The average molecular weight is 494 g/mol. The zero-order valence-corrected chi connectivity index (χ0v) is 19.2. The Bertz CT molecular complexity index is 1200. The molecule has 0 unspecified atom stereocenters. The lowest BCUT2D eigenvalue weighted by molar-refractivity contribution is -0.129. The van der Waals surface area contributed by atoms with Crippen LogP contribution >= 0.6 is 0 Å². The van der Waals surface area contributed by atoms with Crippen molar-refractivity contribution in [3.05, 3.63) is 70.8 Å². The van der Waals surface area contributed by atoms with Gasteiger partial charge in [-0.2, -0.15) is 0 Å². The van der Waals surface area contributed by atoms with E-state index in [-0.39, 0.29) is 5.56 Å². The number of hydrogen-bond donors (Lipinski definition) is 4. The normalized spacial score (nSPS) is 14.0. The molecular formula is C26H24F2N4O4. The minimum atomic E-state index is -3.28. The van der Waals surface area contributed by atoms with E-state index in [0.717, 1.165) is 43.9 Å². The van der Waals surface area contributed by atoms with Gasteiger partial charge in [-0.15, -0.1) is 0 Å². The molecule has 10 heteroatoms. The molecule has 36 heavy (non-hydrogen) atoms. The first-order valence-corrected chi connectivity index (χ1v) is 11.0. The highest BCUT2D eigenvalue weighted by molar-refractivity contribution is 6.11. The molecule has 0 spiro atoms. The summed E-state index contributed by atoms with van der Waals surface area (Å²) in [6, 6.07) is 11.8. The van der Waals surface area contributed by atoms with Crippen LogP contribution in [0.1, 0.15) is 27.0 Å². The molecule has 2 aromatic carbocycles. The van der Waals surface area contributed by atoms with Crippen LogP contribution in [0.4, 0.5) is 8.78 Å². The second-order valence-corrected chi connectivity index (χ2v) is 7.80. The molecule has 4 N–H and O–H groups in total. The fourth-order valence-electron chi connectivity index (χ4n) is 3.31. The number of nitrogens with one attached hydrogen (secondary N) is 3. The summed E-state index contributed by atoms with van der Waals surface area (Å²) >= 11 is 0. The maximum absolute atomic E-state index is 12.8. The van der Waals surface area contributed by atoms with Gasteiger partial charge in [0, 0.05) is 36.3 Å². The van der Waals surface area contributed by atoms with Gasteiger partial charge in [-0.3, -0.25) is 19.7 Å². The van der Waals surface area contributed by atoms with Crippen LogP contribution in [0.25, 0.3) is 0 Å². The highest BCUT2D eigenvalue weighted by Crippen LogP contribution is 2.09. The molecule has 186 valence electrons. The Morgan fingerprint density at radius 3 is 2.08 bits per heavy atom. The molecule has 1 aliphatic rings. The van der Waals surface area contributed by atoms with Gasteiger partial charge < -0.3 is 15.5 Å². The van der Waals surface area contributed by atoms with Crippen molar-refractivity contribution in [1.82, 2.24) is 15.7 Å². The second-order valence-electron chi connectivity index (χ2n) is 7.80. The minimum Gasteiger partial charge on any atom is -0.379 e. The van der Waals surface area contributed by atoms with Gasteiger partial charge in [0.15, 0.2) is 6.04 Å². The third kappa shape index (κ3) is 7.72. The average Bonchev–Trinajstić information content (AvgIpc) is 2.90. The molecule has 0 aliphatic carbocycles. The number of carbonyl (C=O) groups excluding carboxylic acids is 2. The van der Waals surface area contributed by atoms with E-state index in [4.69, 9.17) is 15.4 Å². The van der Waals surface area contributed by atoms with E-state index >= 15 is 0 Å². The third-order valence-electron chi connectivity index (χ3n) is 5.28. The topological polar surface area (TPSA) is 115 Å². The summed E-state index contributed by atoms with van der Waals surface area (Å²) < 4.78 is 30.9. The van der Waals surface area contributed by atoms with Gasteiger partial charge in [0.1, 0.15) is 5.71 Å².